The number of nitrogens with zero attached hydrogens (tertiary/aromatic N) is 1. The highest BCUT2D eigenvalue weighted by molar-refractivity contribution is 5.93. The highest BCUT2D eigenvalue weighted by atomic mass is 16.5. The first-order chi connectivity index (χ1) is 20.7. The van der Waals surface area contributed by atoms with E-state index in [4.69, 9.17) is 4.74 Å². The standard InChI is InChI=1S/C30H36N6O7/c1-31-27(39)19-12-10-18(11-13-19)15-32-28(40)36-33-16-20(14-26(37)38)34-29(41)35-30(42)43-17-25-23-8-4-2-6-21(23)22-7-3-5-9-24(22)25/h2-9,16,18-20,25H,10-15,17H2,1H3,(H,31,39)(H,37,38)(H2,32,36,40)(H2,34,35,41,42)/b33-16+/t18?,19?,20-/m0/s1. The van der Waals surface area contributed by atoms with Gasteiger partial charge in [0, 0.05) is 31.6 Å². The smallest absolute Gasteiger partial charge is 0.415 e. The van der Waals surface area contributed by atoms with E-state index < -0.39 is 36.6 Å². The molecule has 0 aromatic heterocycles. The number of hydrogen-bond donors (Lipinski definition) is 6. The lowest BCUT2D eigenvalue weighted by Crippen LogP contribution is -2.46. The molecule has 1 saturated carbocycles. The fourth-order valence-corrected chi connectivity index (χ4v) is 5.56. The zero-order valence-electron chi connectivity index (χ0n) is 23.8. The fourth-order valence-electron chi connectivity index (χ4n) is 5.56. The number of carbonyl (C=O) groups excluding carboxylic acids is 4. The Labute approximate surface area is 248 Å². The average molecular weight is 593 g/mol. The Morgan fingerprint density at radius 2 is 1.58 bits per heavy atom. The summed E-state index contributed by atoms with van der Waals surface area (Å²) in [7, 11) is 1.62. The monoisotopic (exact) mass is 592 g/mol. The van der Waals surface area contributed by atoms with Crippen molar-refractivity contribution in [2.24, 2.45) is 16.9 Å². The largest absolute Gasteiger partial charge is 0.481 e. The van der Waals surface area contributed by atoms with Crippen LogP contribution in [0.4, 0.5) is 14.4 Å². The van der Waals surface area contributed by atoms with Crippen molar-refractivity contribution in [2.45, 2.75) is 44.1 Å². The number of hydrogen-bond acceptors (Lipinski definition) is 7. The third-order valence-corrected chi connectivity index (χ3v) is 7.71. The van der Waals surface area contributed by atoms with Crippen LogP contribution < -0.4 is 26.7 Å². The van der Waals surface area contributed by atoms with E-state index >= 15 is 0 Å². The molecule has 1 atom stereocenters. The van der Waals surface area contributed by atoms with E-state index in [-0.39, 0.29) is 30.3 Å². The van der Waals surface area contributed by atoms with Crippen LogP contribution in [0, 0.1) is 11.8 Å². The average Bonchev–Trinajstić information content (AvgIpc) is 3.32. The summed E-state index contributed by atoms with van der Waals surface area (Å²) in [4.78, 5) is 59.9. The van der Waals surface area contributed by atoms with E-state index in [1.54, 1.807) is 7.05 Å². The SMILES string of the molecule is CNC(=O)C1CCC(CNC(=O)N/N=C/[C@H](CC(=O)O)NC(=O)NC(=O)OCC2c3ccccc3-c3ccccc32)CC1. The highest BCUT2D eigenvalue weighted by Gasteiger charge is 2.29. The van der Waals surface area contributed by atoms with Crippen LogP contribution in [0.5, 0.6) is 0 Å². The molecule has 0 unspecified atom stereocenters. The maximum Gasteiger partial charge on any atom is 0.415 e. The van der Waals surface area contributed by atoms with Gasteiger partial charge in [-0.3, -0.25) is 9.59 Å². The second-order valence-electron chi connectivity index (χ2n) is 10.6. The summed E-state index contributed by atoms with van der Waals surface area (Å²) in [5.41, 5.74) is 6.40. The first-order valence-corrected chi connectivity index (χ1v) is 14.2. The zero-order valence-corrected chi connectivity index (χ0v) is 23.8. The van der Waals surface area contributed by atoms with Crippen molar-refractivity contribution in [3.63, 3.8) is 0 Å². The topological polar surface area (TPSA) is 187 Å². The number of aliphatic carboxylic acids is 1. The Morgan fingerprint density at radius 3 is 2.19 bits per heavy atom. The number of carboxylic acid groups (broad SMARTS) is 1. The van der Waals surface area contributed by atoms with Gasteiger partial charge in [0.2, 0.25) is 5.91 Å². The molecule has 2 aliphatic rings. The maximum atomic E-state index is 12.4. The molecule has 0 bridgehead atoms. The van der Waals surface area contributed by atoms with Gasteiger partial charge in [-0.15, -0.1) is 0 Å². The van der Waals surface area contributed by atoms with E-state index in [2.05, 4.69) is 26.5 Å². The highest BCUT2D eigenvalue weighted by Crippen LogP contribution is 2.44. The Kier molecular flexibility index (Phi) is 10.7. The molecule has 43 heavy (non-hydrogen) atoms. The number of fused-ring (bicyclic) bond motifs is 3. The van der Waals surface area contributed by atoms with Crippen molar-refractivity contribution in [3.8, 4) is 11.1 Å². The first-order valence-electron chi connectivity index (χ1n) is 14.2. The molecule has 6 amide bonds. The van der Waals surface area contributed by atoms with E-state index in [9.17, 15) is 29.1 Å². The van der Waals surface area contributed by atoms with Crippen LogP contribution in [0.25, 0.3) is 11.1 Å². The lowest BCUT2D eigenvalue weighted by Gasteiger charge is -2.27. The number of carbonyl (C=O) groups is 5. The summed E-state index contributed by atoms with van der Waals surface area (Å²) in [5, 5.41) is 22.7. The van der Waals surface area contributed by atoms with E-state index in [0.717, 1.165) is 54.2 Å². The van der Waals surface area contributed by atoms with Crippen molar-refractivity contribution in [1.29, 1.82) is 0 Å². The van der Waals surface area contributed by atoms with Crippen molar-refractivity contribution in [2.75, 3.05) is 20.2 Å². The minimum atomic E-state index is -1.23. The number of ether oxygens (including phenoxy) is 1. The summed E-state index contributed by atoms with van der Waals surface area (Å²) >= 11 is 0. The number of urea groups is 2. The van der Waals surface area contributed by atoms with Crippen LogP contribution in [0.2, 0.25) is 0 Å². The molecule has 4 rings (SSSR count). The van der Waals surface area contributed by atoms with Crippen molar-refractivity contribution in [1.82, 2.24) is 26.7 Å². The Morgan fingerprint density at radius 1 is 0.953 bits per heavy atom. The molecule has 0 saturated heterocycles. The number of nitrogens with one attached hydrogen (secondary N) is 5. The summed E-state index contributed by atoms with van der Waals surface area (Å²) in [6, 6.07) is 13.0. The van der Waals surface area contributed by atoms with Gasteiger partial charge < -0.3 is 25.8 Å². The molecule has 0 spiro atoms. The Balaban J connectivity index is 1.20. The number of alkyl carbamates (subject to hydrolysis) is 1. The second-order valence-corrected chi connectivity index (χ2v) is 10.6. The van der Waals surface area contributed by atoms with Gasteiger partial charge in [-0.1, -0.05) is 48.5 Å². The van der Waals surface area contributed by atoms with Crippen molar-refractivity contribution >= 4 is 36.2 Å². The molecule has 0 aliphatic heterocycles. The Hall–Kier alpha value is -4.94. The molecule has 228 valence electrons. The van der Waals surface area contributed by atoms with Crippen LogP contribution in [0.3, 0.4) is 0 Å². The number of amides is 6. The number of rotatable bonds is 10. The zero-order chi connectivity index (χ0) is 30.8. The molecule has 1 fully saturated rings. The molecule has 2 aromatic rings. The minimum absolute atomic E-state index is 0.000281. The van der Waals surface area contributed by atoms with Crippen molar-refractivity contribution < 1.29 is 33.8 Å². The van der Waals surface area contributed by atoms with Gasteiger partial charge in [-0.2, -0.15) is 5.10 Å². The lowest BCUT2D eigenvalue weighted by molar-refractivity contribution is -0.137. The van der Waals surface area contributed by atoms with Crippen molar-refractivity contribution in [3.05, 3.63) is 59.7 Å². The molecular weight excluding hydrogens is 556 g/mol. The number of benzene rings is 2. The number of hydrazone groups is 1. The summed E-state index contributed by atoms with van der Waals surface area (Å²) < 4.78 is 5.34. The van der Waals surface area contributed by atoms with Gasteiger partial charge >= 0.3 is 24.1 Å². The third-order valence-electron chi connectivity index (χ3n) is 7.71. The normalized spacial score (nSPS) is 18.1. The Bertz CT molecular complexity index is 1330. The molecule has 2 aliphatic carbocycles. The molecule has 6 N–H and O–H groups in total. The predicted octanol–water partition coefficient (Wildman–Crippen LogP) is 2.92. The lowest BCUT2D eigenvalue weighted by atomic mass is 9.81. The summed E-state index contributed by atoms with van der Waals surface area (Å²) in [5.74, 6) is -1.15. The van der Waals surface area contributed by atoms with Crippen LogP contribution >= 0.6 is 0 Å². The van der Waals surface area contributed by atoms with Gasteiger partial charge in [0.05, 0.1) is 12.5 Å². The quantitative estimate of drug-likeness (QED) is 0.181. The molecule has 13 nitrogen and oxygen atoms in total. The molecule has 2 aromatic carbocycles. The molecule has 13 heteroatoms. The first kappa shape index (κ1) is 31.0. The third kappa shape index (κ3) is 8.53. The van der Waals surface area contributed by atoms with Gasteiger partial charge in [0.15, 0.2) is 0 Å². The second kappa shape index (κ2) is 14.8. The minimum Gasteiger partial charge on any atom is -0.481 e. The van der Waals surface area contributed by atoms with Gasteiger partial charge in [-0.05, 0) is 53.9 Å². The number of imide groups is 1. The van der Waals surface area contributed by atoms with Gasteiger partial charge in [0.1, 0.15) is 6.61 Å². The fraction of sp³-hybridized carbons (Fsp3) is 0.400. The molecular formula is C30H36N6O7. The predicted molar refractivity (Wildman–Crippen MR) is 157 cm³/mol. The van der Waals surface area contributed by atoms with E-state index in [1.165, 1.54) is 0 Å². The van der Waals surface area contributed by atoms with Crippen LogP contribution in [0.15, 0.2) is 53.6 Å². The van der Waals surface area contributed by atoms with E-state index in [1.807, 2.05) is 53.8 Å². The van der Waals surface area contributed by atoms with Crippen LogP contribution in [-0.2, 0) is 14.3 Å². The number of carboxylic acids is 1. The molecule has 0 radical (unpaired) electrons. The maximum absolute atomic E-state index is 12.4. The van der Waals surface area contributed by atoms with Gasteiger partial charge in [0.25, 0.3) is 0 Å². The van der Waals surface area contributed by atoms with Crippen LogP contribution in [0.1, 0.15) is 49.1 Å². The van der Waals surface area contributed by atoms with Crippen LogP contribution in [-0.4, -0.2) is 67.6 Å². The summed E-state index contributed by atoms with van der Waals surface area (Å²) in [6.07, 6.45) is 2.65. The summed E-state index contributed by atoms with van der Waals surface area (Å²) in [6.45, 7) is 0.406. The molecule has 0 heterocycles. The van der Waals surface area contributed by atoms with E-state index in [0.29, 0.717) is 6.54 Å². The van der Waals surface area contributed by atoms with Gasteiger partial charge in [-0.25, -0.2) is 25.1 Å².